The molecule has 0 unspecified atom stereocenters. The van der Waals surface area contributed by atoms with Gasteiger partial charge >= 0.3 is 5.69 Å². The van der Waals surface area contributed by atoms with Crippen molar-refractivity contribution in [3.8, 4) is 28.3 Å². The van der Waals surface area contributed by atoms with Crippen LogP contribution in [0.2, 0.25) is 0 Å². The Labute approximate surface area is 209 Å². The van der Waals surface area contributed by atoms with Crippen molar-refractivity contribution in [2.75, 3.05) is 0 Å². The molecule has 5 aromatic rings. The summed E-state index contributed by atoms with van der Waals surface area (Å²) in [5.41, 5.74) is 4.56. The van der Waals surface area contributed by atoms with Crippen molar-refractivity contribution in [1.29, 1.82) is 0 Å². The Morgan fingerprint density at radius 3 is 2.53 bits per heavy atom. The molecule has 184 valence electrons. The molecule has 0 aliphatic heterocycles. The van der Waals surface area contributed by atoms with Gasteiger partial charge in [-0.3, -0.25) is 14.1 Å². The van der Waals surface area contributed by atoms with Crippen molar-refractivity contribution < 1.29 is 0 Å². The van der Waals surface area contributed by atoms with Crippen LogP contribution in [0.5, 0.6) is 0 Å². The molecule has 36 heavy (non-hydrogen) atoms. The molecular weight excluding hydrogens is 452 g/mol. The number of hydrogen-bond acceptors (Lipinski definition) is 5. The number of tetrazole rings is 1. The largest absolute Gasteiger partial charge is 0.334 e. The smallest absolute Gasteiger partial charge is 0.329 e. The van der Waals surface area contributed by atoms with Crippen molar-refractivity contribution in [2.45, 2.75) is 52.6 Å². The number of aromatic amines is 1. The summed E-state index contributed by atoms with van der Waals surface area (Å²) in [6.45, 7) is 8.93. The van der Waals surface area contributed by atoms with Crippen LogP contribution < -0.4 is 5.69 Å². The van der Waals surface area contributed by atoms with Crippen LogP contribution in [0.25, 0.3) is 28.3 Å². The van der Waals surface area contributed by atoms with E-state index in [0.29, 0.717) is 12.4 Å². The Balaban J connectivity index is 1.62. The second-order valence-electron chi connectivity index (χ2n) is 9.84. The maximum absolute atomic E-state index is 13.8. The van der Waals surface area contributed by atoms with Crippen molar-refractivity contribution in [1.82, 2.24) is 39.3 Å². The summed E-state index contributed by atoms with van der Waals surface area (Å²) < 4.78 is 5.76. The first kappa shape index (κ1) is 23.5. The number of nitrogens with zero attached hydrogens (tertiary/aromatic N) is 7. The van der Waals surface area contributed by atoms with E-state index in [0.717, 1.165) is 46.6 Å². The zero-order valence-corrected chi connectivity index (χ0v) is 21.0. The van der Waals surface area contributed by atoms with Gasteiger partial charge in [-0.15, -0.1) is 5.10 Å². The number of rotatable bonds is 7. The van der Waals surface area contributed by atoms with Crippen LogP contribution in [0.3, 0.4) is 0 Å². The molecule has 4 heterocycles. The lowest BCUT2D eigenvalue weighted by molar-refractivity contribution is 0.393. The monoisotopic (exact) mass is 482 g/mol. The maximum Gasteiger partial charge on any atom is 0.334 e. The highest BCUT2D eigenvalue weighted by atomic mass is 16.1. The van der Waals surface area contributed by atoms with Crippen molar-refractivity contribution >= 4 is 0 Å². The first-order chi connectivity index (χ1) is 17.4. The Hall–Kier alpha value is -4.27. The Kier molecular flexibility index (Phi) is 6.13. The molecule has 9 nitrogen and oxygen atoms in total. The van der Waals surface area contributed by atoms with E-state index in [4.69, 9.17) is 0 Å². The molecular formula is C27H30N8O. The van der Waals surface area contributed by atoms with Gasteiger partial charge in [0.25, 0.3) is 0 Å². The zero-order valence-electron chi connectivity index (χ0n) is 21.0. The molecule has 0 radical (unpaired) electrons. The number of aromatic nitrogens is 8. The third kappa shape index (κ3) is 4.28. The van der Waals surface area contributed by atoms with Crippen LogP contribution in [-0.2, 0) is 18.5 Å². The van der Waals surface area contributed by atoms with E-state index in [2.05, 4.69) is 57.9 Å². The fraction of sp³-hybridized carbons (Fsp3) is 0.296. The second kappa shape index (κ2) is 9.41. The number of imidazole rings is 1. The summed E-state index contributed by atoms with van der Waals surface area (Å²) in [7, 11) is 0. The molecule has 0 spiro atoms. The highest BCUT2D eigenvalue weighted by Gasteiger charge is 2.21. The minimum Gasteiger partial charge on any atom is -0.329 e. The molecule has 0 aliphatic carbocycles. The minimum atomic E-state index is -0.152. The molecule has 5 rings (SSSR count). The predicted molar refractivity (Wildman–Crippen MR) is 139 cm³/mol. The average Bonchev–Trinajstić information content (AvgIpc) is 3.62. The Bertz CT molecular complexity index is 1530. The molecule has 0 saturated heterocycles. The number of pyridine rings is 1. The highest BCUT2D eigenvalue weighted by molar-refractivity contribution is 5.81. The molecule has 0 aliphatic rings. The Morgan fingerprint density at radius 2 is 1.81 bits per heavy atom. The maximum atomic E-state index is 13.8. The van der Waals surface area contributed by atoms with Gasteiger partial charge in [-0.05, 0) is 72.5 Å². The summed E-state index contributed by atoms with van der Waals surface area (Å²) in [5, 5.41) is 14.4. The normalized spacial score (nSPS) is 11.8. The number of hydrogen-bond donors (Lipinski definition) is 1. The third-order valence-electron chi connectivity index (χ3n) is 6.31. The Morgan fingerprint density at radius 1 is 1.00 bits per heavy atom. The minimum absolute atomic E-state index is 0.0647. The van der Waals surface area contributed by atoms with Gasteiger partial charge in [-0.1, -0.05) is 37.6 Å². The van der Waals surface area contributed by atoms with E-state index in [1.165, 1.54) is 0 Å². The SMILES string of the molecule is CCCc1cn(-c2cccn2C(C)(C)C)c(=O)n1Cc1cnccc1-c1ccccc1-c1nnn[nH]1. The summed E-state index contributed by atoms with van der Waals surface area (Å²) in [6.07, 6.45) is 9.34. The van der Waals surface area contributed by atoms with Gasteiger partial charge in [0.05, 0.1) is 6.54 Å². The van der Waals surface area contributed by atoms with E-state index in [1.807, 2.05) is 65.6 Å². The van der Waals surface area contributed by atoms with E-state index in [1.54, 1.807) is 10.8 Å². The summed E-state index contributed by atoms with van der Waals surface area (Å²) in [6, 6.07) is 13.9. The fourth-order valence-electron chi connectivity index (χ4n) is 4.64. The standard InChI is InChI=1S/C27H30N8O/c1-5-9-20-18-34(24-12-8-15-35(24)27(2,3)4)26(36)33(20)17-19-16-28-14-13-21(19)22-10-6-7-11-23(22)25-29-31-32-30-25/h6-8,10-16,18H,5,9,17H2,1-4H3,(H,29,30,31,32). The van der Waals surface area contributed by atoms with Crippen LogP contribution in [0.15, 0.2) is 72.0 Å². The van der Waals surface area contributed by atoms with Crippen LogP contribution in [0, 0.1) is 0 Å². The van der Waals surface area contributed by atoms with Crippen LogP contribution >= 0.6 is 0 Å². The molecule has 1 aromatic carbocycles. The number of aryl methyl sites for hydroxylation is 1. The first-order valence-corrected chi connectivity index (χ1v) is 12.1. The molecule has 9 heteroatoms. The van der Waals surface area contributed by atoms with Crippen molar-refractivity contribution in [3.05, 3.63) is 89.0 Å². The lowest BCUT2D eigenvalue weighted by Crippen LogP contribution is -2.29. The van der Waals surface area contributed by atoms with Gasteiger partial charge in [0, 0.05) is 41.6 Å². The average molecular weight is 483 g/mol. The molecule has 0 atom stereocenters. The van der Waals surface area contributed by atoms with E-state index in [9.17, 15) is 4.79 Å². The van der Waals surface area contributed by atoms with E-state index < -0.39 is 0 Å². The lowest BCUT2D eigenvalue weighted by Gasteiger charge is -2.24. The number of H-pyrrole nitrogens is 1. The number of nitrogens with one attached hydrogen (secondary N) is 1. The van der Waals surface area contributed by atoms with Crippen LogP contribution in [0.4, 0.5) is 0 Å². The van der Waals surface area contributed by atoms with E-state index >= 15 is 0 Å². The van der Waals surface area contributed by atoms with Crippen molar-refractivity contribution in [3.63, 3.8) is 0 Å². The van der Waals surface area contributed by atoms with Crippen LogP contribution in [0.1, 0.15) is 45.4 Å². The summed E-state index contributed by atoms with van der Waals surface area (Å²) >= 11 is 0. The van der Waals surface area contributed by atoms with Crippen LogP contribution in [-0.4, -0.2) is 39.3 Å². The van der Waals surface area contributed by atoms with Gasteiger partial charge < -0.3 is 4.57 Å². The highest BCUT2D eigenvalue weighted by Crippen LogP contribution is 2.32. The zero-order chi connectivity index (χ0) is 25.3. The molecule has 0 fully saturated rings. The van der Waals surface area contributed by atoms with Gasteiger partial charge in [-0.2, -0.15) is 0 Å². The molecule has 0 amide bonds. The fourth-order valence-corrected chi connectivity index (χ4v) is 4.64. The summed E-state index contributed by atoms with van der Waals surface area (Å²) in [5.74, 6) is 1.45. The number of benzene rings is 1. The molecule has 4 aromatic heterocycles. The lowest BCUT2D eigenvalue weighted by atomic mass is 9.96. The predicted octanol–water partition coefficient (Wildman–Crippen LogP) is 4.44. The first-order valence-electron chi connectivity index (χ1n) is 12.1. The topological polar surface area (TPSA) is 99.2 Å². The molecule has 0 saturated carbocycles. The van der Waals surface area contributed by atoms with Gasteiger partial charge in [0.15, 0.2) is 5.82 Å². The molecule has 1 N–H and O–H groups in total. The van der Waals surface area contributed by atoms with Crippen molar-refractivity contribution in [2.24, 2.45) is 0 Å². The van der Waals surface area contributed by atoms with E-state index in [-0.39, 0.29) is 11.2 Å². The molecule has 0 bridgehead atoms. The quantitative estimate of drug-likeness (QED) is 0.370. The van der Waals surface area contributed by atoms with Gasteiger partial charge in [-0.25, -0.2) is 9.89 Å². The van der Waals surface area contributed by atoms with Gasteiger partial charge in [0.1, 0.15) is 5.82 Å². The second-order valence-corrected chi connectivity index (χ2v) is 9.84. The third-order valence-corrected chi connectivity index (χ3v) is 6.31. The summed E-state index contributed by atoms with van der Waals surface area (Å²) in [4.78, 5) is 18.2. The van der Waals surface area contributed by atoms with Gasteiger partial charge in [0.2, 0.25) is 0 Å².